The van der Waals surface area contributed by atoms with E-state index in [1.165, 1.54) is 23.1 Å². The number of hydrogen-bond acceptors (Lipinski definition) is 7. The number of anilines is 1. The van der Waals surface area contributed by atoms with Gasteiger partial charge in [0.15, 0.2) is 5.13 Å². The molecule has 1 amide bonds. The molecule has 9 heteroatoms. The summed E-state index contributed by atoms with van der Waals surface area (Å²) in [5, 5.41) is 11.7. The number of benzene rings is 3. The fraction of sp³-hybridized carbons (Fsp3) is 0.167. The van der Waals surface area contributed by atoms with Crippen LogP contribution >= 0.6 is 11.3 Å². The van der Waals surface area contributed by atoms with E-state index >= 15 is 0 Å². The van der Waals surface area contributed by atoms with Gasteiger partial charge in [-0.3, -0.25) is 14.5 Å². The van der Waals surface area contributed by atoms with Crippen LogP contribution in [0.25, 0.3) is 16.0 Å². The first-order chi connectivity index (χ1) is 18.8. The fourth-order valence-electron chi connectivity index (χ4n) is 4.99. The molecule has 2 atom stereocenters. The molecule has 6 rings (SSSR count). The van der Waals surface area contributed by atoms with Gasteiger partial charge in [-0.1, -0.05) is 36.1 Å². The number of amides is 1. The predicted octanol–water partition coefficient (Wildman–Crippen LogP) is 5.95. The van der Waals surface area contributed by atoms with Gasteiger partial charge in [0.1, 0.15) is 35.8 Å². The molecule has 39 heavy (non-hydrogen) atoms. The van der Waals surface area contributed by atoms with Crippen LogP contribution in [0.5, 0.6) is 11.5 Å². The van der Waals surface area contributed by atoms with Crippen molar-refractivity contribution in [2.75, 3.05) is 11.5 Å². The second-order valence-corrected chi connectivity index (χ2v) is 10.4. The summed E-state index contributed by atoms with van der Waals surface area (Å²) < 4.78 is 25.9. The molecule has 0 saturated carbocycles. The number of aliphatic hydroxyl groups excluding tert-OH is 1. The molecular weight excluding hydrogens is 519 g/mol. The van der Waals surface area contributed by atoms with Gasteiger partial charge in [0.2, 0.25) is 0 Å². The molecule has 1 N–H and O–H groups in total. The summed E-state index contributed by atoms with van der Waals surface area (Å²) in [5.74, 6) is -1.18. The number of thiazole rings is 1. The minimum absolute atomic E-state index is 0.00477. The van der Waals surface area contributed by atoms with Crippen LogP contribution in [0.3, 0.4) is 0 Å². The Morgan fingerprint density at radius 1 is 1.23 bits per heavy atom. The Balaban J connectivity index is 1.53. The molecule has 0 aliphatic carbocycles. The SMILES string of the molecule is C=CCOc1cccc([C@H]2/C(=C(\O)c3ccc4c(c3)C[C@@H](C)O4)C(=O)C(=O)N2c2nc3ccc(F)cc3s2)c1. The summed E-state index contributed by atoms with van der Waals surface area (Å²) >= 11 is 1.09. The Hall–Kier alpha value is -4.50. The van der Waals surface area contributed by atoms with E-state index in [0.717, 1.165) is 22.6 Å². The van der Waals surface area contributed by atoms with Crippen molar-refractivity contribution in [3.63, 3.8) is 0 Å². The fourth-order valence-corrected chi connectivity index (χ4v) is 6.01. The second kappa shape index (κ2) is 9.67. The first-order valence-electron chi connectivity index (χ1n) is 12.3. The number of carbonyl (C=O) groups is 2. The van der Waals surface area contributed by atoms with E-state index in [-0.39, 0.29) is 29.2 Å². The zero-order valence-electron chi connectivity index (χ0n) is 20.9. The molecule has 0 bridgehead atoms. The van der Waals surface area contributed by atoms with E-state index in [0.29, 0.717) is 33.5 Å². The predicted molar refractivity (Wildman–Crippen MR) is 147 cm³/mol. The summed E-state index contributed by atoms with van der Waals surface area (Å²) in [4.78, 5) is 32.9. The number of aliphatic hydroxyl groups is 1. The molecule has 1 fully saturated rings. The van der Waals surface area contributed by atoms with Gasteiger partial charge in [0, 0.05) is 12.0 Å². The van der Waals surface area contributed by atoms with Crippen LogP contribution in [-0.2, 0) is 16.0 Å². The largest absolute Gasteiger partial charge is 0.507 e. The standard InChI is InChI=1S/C30H23FN2O5S/c1-3-11-37-21-6-4-5-17(14-21)26-25(27(34)18-7-10-23-19(13-18)12-16(2)38-23)28(35)29(36)33(26)30-32-22-9-8-20(31)15-24(22)39-30/h3-10,13-16,26,34H,1,11-12H2,2H3/b27-25+/t16-,26+/m1/s1. The van der Waals surface area contributed by atoms with Crippen molar-refractivity contribution in [2.45, 2.75) is 25.5 Å². The number of carbonyl (C=O) groups excluding carboxylic acids is 2. The molecule has 7 nitrogen and oxygen atoms in total. The molecule has 1 saturated heterocycles. The maximum atomic E-state index is 13.9. The van der Waals surface area contributed by atoms with Gasteiger partial charge in [0.25, 0.3) is 5.78 Å². The lowest BCUT2D eigenvalue weighted by atomic mass is 9.94. The Morgan fingerprint density at radius 2 is 2.08 bits per heavy atom. The summed E-state index contributed by atoms with van der Waals surface area (Å²) in [6, 6.07) is 15.3. The summed E-state index contributed by atoms with van der Waals surface area (Å²) in [6.07, 6.45) is 2.28. The quantitative estimate of drug-likeness (QED) is 0.140. The van der Waals surface area contributed by atoms with Crippen LogP contribution in [0.4, 0.5) is 9.52 Å². The Labute approximate surface area is 227 Å². The summed E-state index contributed by atoms with van der Waals surface area (Å²) in [7, 11) is 0. The lowest BCUT2D eigenvalue weighted by molar-refractivity contribution is -0.132. The highest BCUT2D eigenvalue weighted by molar-refractivity contribution is 7.22. The van der Waals surface area contributed by atoms with Crippen molar-refractivity contribution in [3.05, 3.63) is 101 Å². The zero-order valence-corrected chi connectivity index (χ0v) is 21.7. The highest BCUT2D eigenvalue weighted by Gasteiger charge is 2.48. The van der Waals surface area contributed by atoms with Gasteiger partial charge in [-0.15, -0.1) is 0 Å². The number of nitrogens with zero attached hydrogens (tertiary/aromatic N) is 2. The van der Waals surface area contributed by atoms with E-state index in [4.69, 9.17) is 9.47 Å². The maximum Gasteiger partial charge on any atom is 0.301 e. The zero-order chi connectivity index (χ0) is 27.3. The highest BCUT2D eigenvalue weighted by atomic mass is 32.1. The van der Waals surface area contributed by atoms with Crippen LogP contribution in [0.15, 0.2) is 78.9 Å². The Kier molecular flexibility index (Phi) is 6.15. The number of ketones is 1. The lowest BCUT2D eigenvalue weighted by Gasteiger charge is -2.23. The van der Waals surface area contributed by atoms with Gasteiger partial charge in [0.05, 0.1) is 21.8 Å². The number of hydrogen-bond donors (Lipinski definition) is 1. The maximum absolute atomic E-state index is 13.9. The first kappa shape index (κ1) is 24.8. The second-order valence-electron chi connectivity index (χ2n) is 9.40. The van der Waals surface area contributed by atoms with Gasteiger partial charge in [-0.25, -0.2) is 9.37 Å². The average Bonchev–Trinajstić information content (AvgIpc) is 3.59. The van der Waals surface area contributed by atoms with Crippen LogP contribution in [0, 0.1) is 5.82 Å². The lowest BCUT2D eigenvalue weighted by Crippen LogP contribution is -2.29. The van der Waals surface area contributed by atoms with Crippen molar-refractivity contribution in [3.8, 4) is 11.5 Å². The number of halogens is 1. The summed E-state index contributed by atoms with van der Waals surface area (Å²) in [5.41, 5.74) is 2.28. The topological polar surface area (TPSA) is 89.0 Å². The van der Waals surface area contributed by atoms with Crippen LogP contribution in [0.2, 0.25) is 0 Å². The molecule has 4 aromatic rings. The van der Waals surface area contributed by atoms with Gasteiger partial charge < -0.3 is 14.6 Å². The smallest absolute Gasteiger partial charge is 0.301 e. The van der Waals surface area contributed by atoms with Crippen molar-refractivity contribution < 1.29 is 28.6 Å². The first-order valence-corrected chi connectivity index (χ1v) is 13.2. The molecule has 2 aliphatic rings. The normalized spacial score (nSPS) is 19.8. The number of rotatable bonds is 6. The van der Waals surface area contributed by atoms with Gasteiger partial charge in [-0.05, 0) is 66.6 Å². The van der Waals surface area contributed by atoms with E-state index in [1.54, 1.807) is 48.5 Å². The number of fused-ring (bicyclic) bond motifs is 2. The Bertz CT molecular complexity index is 1690. The third-order valence-electron chi connectivity index (χ3n) is 6.70. The molecule has 0 radical (unpaired) electrons. The van der Waals surface area contributed by atoms with E-state index in [2.05, 4.69) is 11.6 Å². The third kappa shape index (κ3) is 4.34. The van der Waals surface area contributed by atoms with Crippen molar-refractivity contribution >= 4 is 44.1 Å². The molecule has 0 spiro atoms. The molecule has 2 aliphatic heterocycles. The molecule has 1 aromatic heterocycles. The van der Waals surface area contributed by atoms with Crippen LogP contribution in [0.1, 0.15) is 29.7 Å². The average molecular weight is 543 g/mol. The summed E-state index contributed by atoms with van der Waals surface area (Å²) in [6.45, 7) is 5.89. The van der Waals surface area contributed by atoms with E-state index < -0.39 is 23.5 Å². The molecule has 3 heterocycles. The van der Waals surface area contributed by atoms with Gasteiger partial charge >= 0.3 is 5.91 Å². The molecule has 3 aromatic carbocycles. The van der Waals surface area contributed by atoms with Crippen LogP contribution in [-0.4, -0.2) is 34.5 Å². The van der Waals surface area contributed by atoms with Crippen LogP contribution < -0.4 is 14.4 Å². The molecule has 0 unspecified atom stereocenters. The number of aromatic nitrogens is 1. The minimum Gasteiger partial charge on any atom is -0.507 e. The molecule has 196 valence electrons. The minimum atomic E-state index is -0.994. The number of ether oxygens (including phenoxy) is 2. The van der Waals surface area contributed by atoms with E-state index in [1.807, 2.05) is 6.92 Å². The monoisotopic (exact) mass is 542 g/mol. The Morgan fingerprint density at radius 3 is 2.90 bits per heavy atom. The van der Waals surface area contributed by atoms with Gasteiger partial charge in [-0.2, -0.15) is 0 Å². The highest BCUT2D eigenvalue weighted by Crippen LogP contribution is 2.45. The third-order valence-corrected chi connectivity index (χ3v) is 7.72. The van der Waals surface area contributed by atoms with E-state index in [9.17, 15) is 19.1 Å². The number of Topliss-reactive ketones (excluding diaryl/α,β-unsaturated/α-hetero) is 1. The van der Waals surface area contributed by atoms with Crippen molar-refractivity contribution in [1.82, 2.24) is 4.98 Å². The van der Waals surface area contributed by atoms with Crippen molar-refractivity contribution in [1.29, 1.82) is 0 Å². The molecular formula is C30H23FN2O5S. The van der Waals surface area contributed by atoms with Crippen molar-refractivity contribution in [2.24, 2.45) is 0 Å².